The topological polar surface area (TPSA) is 87.7 Å². The Morgan fingerprint density at radius 2 is 1.93 bits per heavy atom. The minimum atomic E-state index is -3.56. The van der Waals surface area contributed by atoms with E-state index in [1.807, 2.05) is 0 Å². The predicted molar refractivity (Wildman–Crippen MR) is 105 cm³/mol. The summed E-state index contributed by atoms with van der Waals surface area (Å²) in [4.78, 5) is 12.8. The second kappa shape index (κ2) is 8.05. The van der Waals surface area contributed by atoms with E-state index in [-0.39, 0.29) is 34.5 Å². The summed E-state index contributed by atoms with van der Waals surface area (Å²) in [7, 11) is -3.56. The smallest absolute Gasteiger partial charge is 0.243 e. The van der Waals surface area contributed by atoms with Gasteiger partial charge in [0, 0.05) is 24.7 Å². The van der Waals surface area contributed by atoms with Crippen LogP contribution in [0.5, 0.6) is 0 Å². The Morgan fingerprint density at radius 3 is 2.63 bits per heavy atom. The molecule has 2 saturated heterocycles. The van der Waals surface area contributed by atoms with Gasteiger partial charge in [0.2, 0.25) is 15.9 Å². The van der Waals surface area contributed by atoms with Gasteiger partial charge in [0.15, 0.2) is 0 Å². The van der Waals surface area contributed by atoms with E-state index >= 15 is 0 Å². The molecule has 2 aliphatic heterocycles. The van der Waals surface area contributed by atoms with Crippen molar-refractivity contribution in [2.24, 2.45) is 11.3 Å². The molecule has 0 aromatic heterocycles. The lowest BCUT2D eigenvalue weighted by Gasteiger charge is -2.26. The highest BCUT2D eigenvalue weighted by Gasteiger charge is 2.57. The number of ether oxygens (including phenoxy) is 1. The number of sulfonamides is 1. The molecular weight excluding hydrogens is 390 g/mol. The van der Waals surface area contributed by atoms with Gasteiger partial charge in [0.25, 0.3) is 0 Å². The Morgan fingerprint density at radius 1 is 1.22 bits per heavy atom. The number of carbonyl (C=O) groups is 1. The molecule has 3 fully saturated rings. The van der Waals surface area contributed by atoms with Crippen LogP contribution in [0.1, 0.15) is 19.3 Å². The van der Waals surface area contributed by atoms with E-state index in [1.165, 1.54) is 4.31 Å². The van der Waals surface area contributed by atoms with Crippen LogP contribution < -0.4 is 10.6 Å². The van der Waals surface area contributed by atoms with Gasteiger partial charge in [-0.25, -0.2) is 8.42 Å². The Bertz CT molecular complexity index is 790. The summed E-state index contributed by atoms with van der Waals surface area (Å²) in [6, 6.07) is 6.55. The fourth-order valence-electron chi connectivity index (χ4n) is 4.10. The van der Waals surface area contributed by atoms with Gasteiger partial charge in [-0.2, -0.15) is 4.31 Å². The Kier molecular flexibility index (Phi) is 6.12. The summed E-state index contributed by atoms with van der Waals surface area (Å²) in [6.07, 6.45) is 3.01. The molecule has 3 aliphatic rings. The van der Waals surface area contributed by atoms with Crippen molar-refractivity contribution >= 4 is 34.0 Å². The summed E-state index contributed by atoms with van der Waals surface area (Å²) in [5, 5.41) is 6.26. The van der Waals surface area contributed by atoms with Crippen molar-refractivity contribution in [3.05, 3.63) is 24.3 Å². The molecule has 27 heavy (non-hydrogen) atoms. The van der Waals surface area contributed by atoms with Crippen molar-refractivity contribution in [3.8, 4) is 0 Å². The maximum absolute atomic E-state index is 12.8. The molecule has 0 radical (unpaired) electrons. The van der Waals surface area contributed by atoms with Crippen molar-refractivity contribution in [1.29, 1.82) is 0 Å². The van der Waals surface area contributed by atoms with E-state index in [1.54, 1.807) is 24.3 Å². The van der Waals surface area contributed by atoms with Gasteiger partial charge in [-0.1, -0.05) is 6.07 Å². The first-order valence-electron chi connectivity index (χ1n) is 9.21. The third kappa shape index (κ3) is 4.14. The number of halogens is 1. The molecule has 1 amide bonds. The van der Waals surface area contributed by atoms with Crippen molar-refractivity contribution in [2.75, 3.05) is 44.7 Å². The molecule has 1 saturated carbocycles. The number of hydrogen-bond donors (Lipinski definition) is 2. The molecular formula is C18H26ClN3O4S. The molecule has 2 heterocycles. The van der Waals surface area contributed by atoms with Crippen molar-refractivity contribution in [3.63, 3.8) is 0 Å². The number of rotatable bonds is 4. The van der Waals surface area contributed by atoms with Gasteiger partial charge in [-0.15, -0.1) is 12.4 Å². The standard InChI is InChI=1S/C18H25N3O4S.ClH/c22-17(16-13-18(16)4-6-19-7-5-18)20-14-2-1-3-15(12-14)26(23,24)21-8-10-25-11-9-21;/h1-3,12,16,19H,4-11,13H2,(H,20,22);1H. The second-order valence-electron chi connectivity index (χ2n) is 7.40. The van der Waals surface area contributed by atoms with Crippen molar-refractivity contribution in [1.82, 2.24) is 9.62 Å². The van der Waals surface area contributed by atoms with Crippen LogP contribution in [0.3, 0.4) is 0 Å². The first-order valence-corrected chi connectivity index (χ1v) is 10.6. The SMILES string of the molecule is Cl.O=C(Nc1cccc(S(=O)(=O)N2CCOCC2)c1)C1CC12CCNCC2. The molecule has 7 nitrogen and oxygen atoms in total. The van der Waals surface area contributed by atoms with Crippen LogP contribution in [0, 0.1) is 11.3 Å². The van der Waals surface area contributed by atoms with Gasteiger partial charge in [0.05, 0.1) is 18.1 Å². The molecule has 1 atom stereocenters. The quantitative estimate of drug-likeness (QED) is 0.777. The maximum Gasteiger partial charge on any atom is 0.243 e. The fraction of sp³-hybridized carbons (Fsp3) is 0.611. The van der Waals surface area contributed by atoms with Crippen LogP contribution in [0.25, 0.3) is 0 Å². The third-order valence-corrected chi connectivity index (χ3v) is 7.71. The average Bonchev–Trinajstić information content (AvgIpc) is 3.36. The fourth-order valence-corrected chi connectivity index (χ4v) is 5.55. The first-order chi connectivity index (χ1) is 12.5. The number of benzene rings is 1. The van der Waals surface area contributed by atoms with Gasteiger partial charge < -0.3 is 15.4 Å². The van der Waals surface area contributed by atoms with Crippen LogP contribution in [0.4, 0.5) is 5.69 Å². The van der Waals surface area contributed by atoms with Crippen LogP contribution in [0.15, 0.2) is 29.2 Å². The Labute approximate surface area is 166 Å². The van der Waals surface area contributed by atoms with Crippen molar-refractivity contribution < 1.29 is 17.9 Å². The van der Waals surface area contributed by atoms with Crippen LogP contribution in [-0.4, -0.2) is 58.0 Å². The minimum Gasteiger partial charge on any atom is -0.379 e. The number of hydrogen-bond acceptors (Lipinski definition) is 5. The normalized spacial score (nSPS) is 24.8. The lowest BCUT2D eigenvalue weighted by atomic mass is 9.92. The average molecular weight is 416 g/mol. The molecule has 1 aliphatic carbocycles. The maximum atomic E-state index is 12.8. The van der Waals surface area contributed by atoms with E-state index in [0.29, 0.717) is 32.0 Å². The number of anilines is 1. The number of nitrogens with zero attached hydrogens (tertiary/aromatic N) is 1. The summed E-state index contributed by atoms with van der Waals surface area (Å²) in [5.41, 5.74) is 0.702. The Hall–Kier alpha value is -1.19. The van der Waals surface area contributed by atoms with Gasteiger partial charge in [-0.05, 0) is 56.0 Å². The van der Waals surface area contributed by atoms with E-state index in [9.17, 15) is 13.2 Å². The van der Waals surface area contributed by atoms with E-state index < -0.39 is 10.0 Å². The van der Waals surface area contributed by atoms with E-state index in [2.05, 4.69) is 10.6 Å². The molecule has 4 rings (SSSR count). The molecule has 9 heteroatoms. The predicted octanol–water partition coefficient (Wildman–Crippen LogP) is 1.46. The number of morpholine rings is 1. The Balaban J connectivity index is 0.00000210. The van der Waals surface area contributed by atoms with Crippen LogP contribution in [0.2, 0.25) is 0 Å². The highest BCUT2D eigenvalue weighted by atomic mass is 35.5. The van der Waals surface area contributed by atoms with Crippen LogP contribution >= 0.6 is 12.4 Å². The van der Waals surface area contributed by atoms with E-state index in [0.717, 1.165) is 32.4 Å². The first kappa shape index (κ1) is 20.5. The molecule has 150 valence electrons. The summed E-state index contributed by atoms with van der Waals surface area (Å²) < 4.78 is 32.2. The largest absolute Gasteiger partial charge is 0.379 e. The number of carbonyl (C=O) groups excluding carboxylic acids is 1. The van der Waals surface area contributed by atoms with Gasteiger partial charge in [-0.3, -0.25) is 4.79 Å². The molecule has 1 unspecified atom stereocenters. The number of amides is 1. The summed E-state index contributed by atoms with van der Waals surface area (Å²) in [6.45, 7) is 3.48. The highest BCUT2D eigenvalue weighted by Crippen LogP contribution is 2.58. The zero-order chi connectivity index (χ0) is 18.2. The minimum absolute atomic E-state index is 0. The number of nitrogens with one attached hydrogen (secondary N) is 2. The highest BCUT2D eigenvalue weighted by molar-refractivity contribution is 7.89. The monoisotopic (exact) mass is 415 g/mol. The molecule has 0 bridgehead atoms. The zero-order valence-electron chi connectivity index (χ0n) is 15.1. The summed E-state index contributed by atoms with van der Waals surface area (Å²) >= 11 is 0. The lowest BCUT2D eigenvalue weighted by molar-refractivity contribution is -0.118. The number of piperidine rings is 1. The third-order valence-electron chi connectivity index (χ3n) is 5.81. The molecule has 2 N–H and O–H groups in total. The summed E-state index contributed by atoms with van der Waals surface area (Å²) in [5.74, 6) is 0.0527. The van der Waals surface area contributed by atoms with Gasteiger partial charge >= 0.3 is 0 Å². The lowest BCUT2D eigenvalue weighted by Crippen LogP contribution is -2.40. The molecule has 1 aromatic rings. The van der Waals surface area contributed by atoms with Crippen molar-refractivity contribution in [2.45, 2.75) is 24.2 Å². The van der Waals surface area contributed by atoms with Crippen LogP contribution in [-0.2, 0) is 19.6 Å². The second-order valence-corrected chi connectivity index (χ2v) is 9.34. The van der Waals surface area contributed by atoms with Gasteiger partial charge in [0.1, 0.15) is 0 Å². The zero-order valence-corrected chi connectivity index (χ0v) is 16.8. The molecule has 1 spiro atoms. The molecule has 1 aromatic carbocycles. The van der Waals surface area contributed by atoms with E-state index in [4.69, 9.17) is 4.74 Å².